The summed E-state index contributed by atoms with van der Waals surface area (Å²) in [6.45, 7) is 0. The second-order valence-electron chi connectivity index (χ2n) is 4.38. The highest BCUT2D eigenvalue weighted by Crippen LogP contribution is 2.22. The van der Waals surface area contributed by atoms with Gasteiger partial charge in [0.2, 0.25) is 0 Å². The van der Waals surface area contributed by atoms with Crippen molar-refractivity contribution >= 4 is 50.8 Å². The molecule has 4 nitrogen and oxygen atoms in total. The molecule has 2 aromatic carbocycles. The molecule has 0 saturated heterocycles. The molecule has 0 aliphatic carbocycles. The highest BCUT2D eigenvalue weighted by Gasteiger charge is 2.15. The van der Waals surface area contributed by atoms with E-state index < -0.39 is 15.8 Å². The monoisotopic (exact) mass is 392 g/mol. The zero-order valence-electron chi connectivity index (χ0n) is 11.5. The molecule has 23 heavy (non-hydrogen) atoms. The summed E-state index contributed by atoms with van der Waals surface area (Å²) in [5.41, 5.74) is 5.66. The minimum Gasteiger partial charge on any atom is -0.386 e. The van der Waals surface area contributed by atoms with E-state index in [1.165, 1.54) is 11.8 Å². The standard InChI is InChI=1S/C14H11Cl2FN2O2S2/c15-9-1-3-10(4-2-9)22-8-14(18)19-23(20,21)11-5-6-13(17)12(16)7-11/h1-7H,8H2,(H2,18,19). The van der Waals surface area contributed by atoms with Crippen molar-refractivity contribution in [2.45, 2.75) is 9.79 Å². The van der Waals surface area contributed by atoms with Gasteiger partial charge in [-0.25, -0.2) is 4.39 Å². The molecule has 0 aromatic heterocycles. The van der Waals surface area contributed by atoms with Crippen LogP contribution in [-0.2, 0) is 10.0 Å². The summed E-state index contributed by atoms with van der Waals surface area (Å²) in [7, 11) is -4.03. The van der Waals surface area contributed by atoms with Crippen molar-refractivity contribution in [3.05, 3.63) is 58.3 Å². The predicted molar refractivity (Wildman–Crippen MR) is 92.4 cm³/mol. The number of halogens is 3. The summed E-state index contributed by atoms with van der Waals surface area (Å²) in [4.78, 5) is 0.651. The van der Waals surface area contributed by atoms with E-state index in [2.05, 4.69) is 4.40 Å². The highest BCUT2D eigenvalue weighted by atomic mass is 35.5. The third-order valence-corrected chi connectivity index (χ3v) is 5.54. The number of benzene rings is 2. The Morgan fingerprint density at radius 2 is 1.83 bits per heavy atom. The Bertz CT molecular complexity index is 840. The molecule has 0 saturated carbocycles. The molecule has 0 unspecified atom stereocenters. The van der Waals surface area contributed by atoms with Crippen LogP contribution in [0.25, 0.3) is 0 Å². The third-order valence-electron chi connectivity index (χ3n) is 2.63. The predicted octanol–water partition coefficient (Wildman–Crippen LogP) is 3.97. The van der Waals surface area contributed by atoms with Gasteiger partial charge in [-0.15, -0.1) is 16.2 Å². The van der Waals surface area contributed by atoms with Gasteiger partial charge < -0.3 is 5.73 Å². The van der Waals surface area contributed by atoms with Crippen LogP contribution < -0.4 is 5.73 Å². The lowest BCUT2D eigenvalue weighted by Crippen LogP contribution is -2.17. The fourth-order valence-electron chi connectivity index (χ4n) is 1.56. The molecule has 0 aliphatic rings. The molecular formula is C14H11Cl2FN2O2S2. The number of nitrogens with zero attached hydrogens (tertiary/aromatic N) is 1. The summed E-state index contributed by atoms with van der Waals surface area (Å²) in [5, 5.41) is 0.308. The molecule has 0 spiro atoms. The fourth-order valence-corrected chi connectivity index (χ4v) is 3.70. The Morgan fingerprint density at radius 3 is 2.43 bits per heavy atom. The Balaban J connectivity index is 2.12. The van der Waals surface area contributed by atoms with Crippen LogP contribution in [0.15, 0.2) is 56.7 Å². The van der Waals surface area contributed by atoms with Gasteiger partial charge in [0.15, 0.2) is 0 Å². The van der Waals surface area contributed by atoms with Gasteiger partial charge in [0.05, 0.1) is 15.7 Å². The molecule has 2 N–H and O–H groups in total. The molecule has 0 aliphatic heterocycles. The number of hydrogen-bond acceptors (Lipinski definition) is 3. The molecule has 0 radical (unpaired) electrons. The summed E-state index contributed by atoms with van der Waals surface area (Å²) in [5.74, 6) is -0.609. The van der Waals surface area contributed by atoms with E-state index in [1.54, 1.807) is 24.3 Å². The van der Waals surface area contributed by atoms with Gasteiger partial charge in [-0.2, -0.15) is 8.42 Å². The number of amidine groups is 1. The van der Waals surface area contributed by atoms with E-state index in [0.717, 1.165) is 23.1 Å². The molecule has 0 heterocycles. The first-order valence-corrected chi connectivity index (χ1v) is 9.39. The largest absolute Gasteiger partial charge is 0.386 e. The first-order valence-electron chi connectivity index (χ1n) is 6.21. The maximum Gasteiger partial charge on any atom is 0.284 e. The molecule has 2 aromatic rings. The molecule has 0 atom stereocenters. The Labute approximate surface area is 147 Å². The van der Waals surface area contributed by atoms with Crippen LogP contribution in [0, 0.1) is 5.82 Å². The Morgan fingerprint density at radius 1 is 1.17 bits per heavy atom. The van der Waals surface area contributed by atoms with Crippen molar-refractivity contribution < 1.29 is 12.8 Å². The van der Waals surface area contributed by atoms with Crippen molar-refractivity contribution in [3.8, 4) is 0 Å². The normalized spacial score (nSPS) is 12.4. The van der Waals surface area contributed by atoms with Crippen molar-refractivity contribution in [1.29, 1.82) is 0 Å². The molecular weight excluding hydrogens is 382 g/mol. The van der Waals surface area contributed by atoms with Gasteiger partial charge in [-0.3, -0.25) is 0 Å². The average Bonchev–Trinajstić information content (AvgIpc) is 2.49. The second kappa shape index (κ2) is 7.53. The van der Waals surface area contributed by atoms with Gasteiger partial charge in [-0.1, -0.05) is 23.2 Å². The molecule has 0 amide bonds. The maximum absolute atomic E-state index is 13.1. The van der Waals surface area contributed by atoms with Crippen LogP contribution in [0.4, 0.5) is 4.39 Å². The molecule has 122 valence electrons. The van der Waals surface area contributed by atoms with Gasteiger partial charge >= 0.3 is 0 Å². The Hall–Kier alpha value is -1.28. The van der Waals surface area contributed by atoms with E-state index in [9.17, 15) is 12.8 Å². The Kier molecular flexibility index (Phi) is 5.91. The molecule has 0 fully saturated rings. The van der Waals surface area contributed by atoms with E-state index in [-0.39, 0.29) is 21.5 Å². The van der Waals surface area contributed by atoms with Crippen LogP contribution in [0.2, 0.25) is 10.0 Å². The number of rotatable bonds is 5. The summed E-state index contributed by atoms with van der Waals surface area (Å²) in [6, 6.07) is 10.0. The molecule has 9 heteroatoms. The lowest BCUT2D eigenvalue weighted by molar-refractivity contribution is 0.596. The zero-order chi connectivity index (χ0) is 17.0. The lowest BCUT2D eigenvalue weighted by atomic mass is 10.3. The summed E-state index contributed by atoms with van der Waals surface area (Å²) >= 11 is 12.7. The minimum absolute atomic E-state index is 0.0783. The molecule has 2 rings (SSSR count). The summed E-state index contributed by atoms with van der Waals surface area (Å²) in [6.07, 6.45) is 0. The SMILES string of the molecule is N/C(CSc1ccc(Cl)cc1)=N\S(=O)(=O)c1ccc(F)c(Cl)c1. The van der Waals surface area contributed by atoms with E-state index in [1.807, 2.05) is 0 Å². The van der Waals surface area contributed by atoms with E-state index >= 15 is 0 Å². The van der Waals surface area contributed by atoms with Crippen LogP contribution in [0.3, 0.4) is 0 Å². The zero-order valence-corrected chi connectivity index (χ0v) is 14.7. The quantitative estimate of drug-likeness (QED) is 0.474. The third kappa shape index (κ3) is 5.10. The van der Waals surface area contributed by atoms with Crippen molar-refractivity contribution in [1.82, 2.24) is 0 Å². The van der Waals surface area contributed by atoms with Gasteiger partial charge in [-0.05, 0) is 42.5 Å². The maximum atomic E-state index is 13.1. The van der Waals surface area contributed by atoms with Gasteiger partial charge in [0.25, 0.3) is 10.0 Å². The van der Waals surface area contributed by atoms with Crippen molar-refractivity contribution in [3.63, 3.8) is 0 Å². The van der Waals surface area contributed by atoms with Crippen LogP contribution in [0.5, 0.6) is 0 Å². The van der Waals surface area contributed by atoms with E-state index in [0.29, 0.717) is 5.02 Å². The van der Waals surface area contributed by atoms with Crippen molar-refractivity contribution in [2.24, 2.45) is 10.1 Å². The number of hydrogen-bond donors (Lipinski definition) is 1. The topological polar surface area (TPSA) is 72.5 Å². The number of sulfonamides is 1. The first kappa shape index (κ1) is 18.1. The van der Waals surface area contributed by atoms with Crippen LogP contribution in [-0.4, -0.2) is 20.0 Å². The number of thioether (sulfide) groups is 1. The minimum atomic E-state index is -4.03. The number of nitrogens with two attached hydrogens (primary N) is 1. The highest BCUT2D eigenvalue weighted by molar-refractivity contribution is 8.00. The average molecular weight is 393 g/mol. The smallest absolute Gasteiger partial charge is 0.284 e. The molecule has 0 bridgehead atoms. The summed E-state index contributed by atoms with van der Waals surface area (Å²) < 4.78 is 40.8. The van der Waals surface area contributed by atoms with E-state index in [4.69, 9.17) is 28.9 Å². The first-order chi connectivity index (χ1) is 10.8. The van der Waals surface area contributed by atoms with Crippen LogP contribution in [0.1, 0.15) is 0 Å². The second-order valence-corrected chi connectivity index (χ2v) is 7.87. The van der Waals surface area contributed by atoms with Crippen LogP contribution >= 0.6 is 35.0 Å². The van der Waals surface area contributed by atoms with Crippen molar-refractivity contribution in [2.75, 3.05) is 5.75 Å². The fraction of sp³-hybridized carbons (Fsp3) is 0.0714. The van der Waals surface area contributed by atoms with Gasteiger partial charge in [0.1, 0.15) is 11.7 Å². The van der Waals surface area contributed by atoms with Gasteiger partial charge in [0, 0.05) is 9.92 Å². The lowest BCUT2D eigenvalue weighted by Gasteiger charge is -2.04.